The molecular formula is C13H26N2O2. The van der Waals surface area contributed by atoms with Gasteiger partial charge in [-0.2, -0.15) is 0 Å². The molecule has 1 saturated heterocycles. The van der Waals surface area contributed by atoms with E-state index in [1.165, 1.54) is 0 Å². The molecule has 0 spiro atoms. The van der Waals surface area contributed by atoms with Crippen molar-refractivity contribution in [2.24, 2.45) is 0 Å². The lowest BCUT2D eigenvalue weighted by molar-refractivity contribution is -0.145. The highest BCUT2D eigenvalue weighted by Gasteiger charge is 2.21. The van der Waals surface area contributed by atoms with Crippen molar-refractivity contribution < 1.29 is 9.53 Å². The van der Waals surface area contributed by atoms with Gasteiger partial charge in [0.05, 0.1) is 13.2 Å². The summed E-state index contributed by atoms with van der Waals surface area (Å²) in [7, 11) is 2.14. The molecule has 100 valence electrons. The summed E-state index contributed by atoms with van der Waals surface area (Å²) in [5.41, 5.74) is 0. The molecule has 4 nitrogen and oxygen atoms in total. The minimum absolute atomic E-state index is 0.0742. The topological polar surface area (TPSA) is 32.8 Å². The van der Waals surface area contributed by atoms with E-state index >= 15 is 0 Å². The third kappa shape index (κ3) is 5.50. The zero-order valence-corrected chi connectivity index (χ0v) is 11.4. The van der Waals surface area contributed by atoms with Gasteiger partial charge in [-0.3, -0.25) is 9.69 Å². The molecule has 0 aromatic heterocycles. The van der Waals surface area contributed by atoms with Gasteiger partial charge in [-0.25, -0.2) is 0 Å². The van der Waals surface area contributed by atoms with Gasteiger partial charge in [0.15, 0.2) is 0 Å². The first kappa shape index (κ1) is 14.5. The maximum Gasteiger partial charge on any atom is 0.320 e. The molecule has 0 aromatic rings. The molecule has 1 rings (SSSR count). The van der Waals surface area contributed by atoms with Crippen molar-refractivity contribution in [2.45, 2.75) is 39.2 Å². The molecule has 0 radical (unpaired) electrons. The highest BCUT2D eigenvalue weighted by Crippen LogP contribution is 2.08. The summed E-state index contributed by atoms with van der Waals surface area (Å²) in [6.45, 7) is 8.43. The van der Waals surface area contributed by atoms with Crippen molar-refractivity contribution in [2.75, 3.05) is 39.8 Å². The molecule has 1 unspecified atom stereocenters. The van der Waals surface area contributed by atoms with Crippen LogP contribution >= 0.6 is 0 Å². The van der Waals surface area contributed by atoms with Crippen LogP contribution in [0.2, 0.25) is 0 Å². The lowest BCUT2D eigenvalue weighted by Gasteiger charge is -2.26. The molecule has 0 N–H and O–H groups in total. The smallest absolute Gasteiger partial charge is 0.320 e. The van der Waals surface area contributed by atoms with Gasteiger partial charge in [0, 0.05) is 19.1 Å². The summed E-state index contributed by atoms with van der Waals surface area (Å²) in [5, 5.41) is 0. The Balaban J connectivity index is 2.30. The summed E-state index contributed by atoms with van der Waals surface area (Å²) >= 11 is 0. The van der Waals surface area contributed by atoms with Crippen molar-refractivity contribution in [3.05, 3.63) is 0 Å². The van der Waals surface area contributed by atoms with Crippen LogP contribution in [0.1, 0.15) is 33.1 Å². The van der Waals surface area contributed by atoms with E-state index in [9.17, 15) is 4.79 Å². The van der Waals surface area contributed by atoms with Crippen molar-refractivity contribution in [3.63, 3.8) is 0 Å². The van der Waals surface area contributed by atoms with Crippen LogP contribution in [0.15, 0.2) is 0 Å². The molecule has 17 heavy (non-hydrogen) atoms. The van der Waals surface area contributed by atoms with Gasteiger partial charge in [-0.05, 0) is 33.4 Å². The van der Waals surface area contributed by atoms with Gasteiger partial charge in [0.25, 0.3) is 0 Å². The number of nitrogens with zero attached hydrogens (tertiary/aromatic N) is 2. The number of likely N-dealkylation sites (N-methyl/N-ethyl adjacent to an activating group) is 1. The Morgan fingerprint density at radius 1 is 1.41 bits per heavy atom. The fourth-order valence-corrected chi connectivity index (χ4v) is 2.20. The largest absolute Gasteiger partial charge is 0.465 e. The second-order valence-electron chi connectivity index (χ2n) is 5.01. The predicted octanol–water partition coefficient (Wildman–Crippen LogP) is 1.36. The Hall–Kier alpha value is -0.610. The van der Waals surface area contributed by atoms with E-state index in [1.54, 1.807) is 0 Å². The third-order valence-electron chi connectivity index (χ3n) is 3.28. The van der Waals surface area contributed by atoms with Crippen molar-refractivity contribution in [3.8, 4) is 0 Å². The number of ether oxygens (including phenoxy) is 1. The first-order valence-corrected chi connectivity index (χ1v) is 6.71. The molecule has 0 aromatic carbocycles. The first-order valence-electron chi connectivity index (χ1n) is 6.71. The SMILES string of the molecule is CCCCOC(=O)CN1CCCN(C)CC1C. The predicted molar refractivity (Wildman–Crippen MR) is 69.0 cm³/mol. The summed E-state index contributed by atoms with van der Waals surface area (Å²) in [5.74, 6) is -0.0742. The second-order valence-corrected chi connectivity index (χ2v) is 5.01. The molecule has 1 atom stereocenters. The Kier molecular flexibility index (Phi) is 6.52. The second kappa shape index (κ2) is 7.67. The average molecular weight is 242 g/mol. The highest BCUT2D eigenvalue weighted by atomic mass is 16.5. The Morgan fingerprint density at radius 2 is 2.18 bits per heavy atom. The lowest BCUT2D eigenvalue weighted by atomic mass is 10.2. The monoisotopic (exact) mass is 242 g/mol. The zero-order valence-electron chi connectivity index (χ0n) is 11.4. The quantitative estimate of drug-likeness (QED) is 0.538. The fourth-order valence-electron chi connectivity index (χ4n) is 2.20. The van der Waals surface area contributed by atoms with Crippen LogP contribution < -0.4 is 0 Å². The number of esters is 1. The molecule has 1 heterocycles. The molecule has 0 amide bonds. The maximum absolute atomic E-state index is 11.6. The van der Waals surface area contributed by atoms with E-state index in [1.807, 2.05) is 0 Å². The Bertz CT molecular complexity index is 233. The lowest BCUT2D eigenvalue weighted by Crippen LogP contribution is -2.41. The molecule has 4 heteroatoms. The van der Waals surface area contributed by atoms with Crippen LogP contribution in [0.4, 0.5) is 0 Å². The molecular weight excluding hydrogens is 216 g/mol. The molecule has 0 saturated carbocycles. The summed E-state index contributed by atoms with van der Waals surface area (Å²) < 4.78 is 5.21. The van der Waals surface area contributed by atoms with Gasteiger partial charge >= 0.3 is 5.97 Å². The van der Waals surface area contributed by atoms with Crippen LogP contribution in [-0.4, -0.2) is 61.6 Å². The molecule has 1 aliphatic heterocycles. The van der Waals surface area contributed by atoms with E-state index in [0.29, 0.717) is 19.2 Å². The zero-order chi connectivity index (χ0) is 12.7. The van der Waals surface area contributed by atoms with Crippen LogP contribution in [-0.2, 0) is 9.53 Å². The van der Waals surface area contributed by atoms with Gasteiger partial charge in [0.1, 0.15) is 0 Å². The maximum atomic E-state index is 11.6. The van der Waals surface area contributed by atoms with Crippen LogP contribution in [0.5, 0.6) is 0 Å². The molecule has 0 aliphatic carbocycles. The number of rotatable bonds is 5. The van der Waals surface area contributed by atoms with Gasteiger partial charge < -0.3 is 9.64 Å². The van der Waals surface area contributed by atoms with Crippen LogP contribution in [0.3, 0.4) is 0 Å². The fraction of sp³-hybridized carbons (Fsp3) is 0.923. The number of unbranched alkanes of at least 4 members (excludes halogenated alkanes) is 1. The Labute approximate surface area is 105 Å². The average Bonchev–Trinajstić information content (AvgIpc) is 2.41. The minimum Gasteiger partial charge on any atom is -0.465 e. The summed E-state index contributed by atoms with van der Waals surface area (Å²) in [6, 6.07) is 0.432. The van der Waals surface area contributed by atoms with E-state index in [4.69, 9.17) is 4.74 Å². The first-order chi connectivity index (χ1) is 8.13. The molecule has 1 fully saturated rings. The normalized spacial score (nSPS) is 23.4. The van der Waals surface area contributed by atoms with E-state index < -0.39 is 0 Å². The van der Waals surface area contributed by atoms with Crippen molar-refractivity contribution in [1.82, 2.24) is 9.80 Å². The third-order valence-corrected chi connectivity index (χ3v) is 3.28. The molecule has 1 aliphatic rings. The molecule has 0 bridgehead atoms. The number of hydrogen-bond acceptors (Lipinski definition) is 4. The highest BCUT2D eigenvalue weighted by molar-refractivity contribution is 5.71. The summed E-state index contributed by atoms with van der Waals surface area (Å²) in [4.78, 5) is 16.2. The van der Waals surface area contributed by atoms with Crippen LogP contribution in [0, 0.1) is 0 Å². The van der Waals surface area contributed by atoms with Crippen LogP contribution in [0.25, 0.3) is 0 Å². The van der Waals surface area contributed by atoms with Gasteiger partial charge in [-0.15, -0.1) is 0 Å². The Morgan fingerprint density at radius 3 is 2.88 bits per heavy atom. The number of carbonyl (C=O) groups is 1. The van der Waals surface area contributed by atoms with Gasteiger partial charge in [-0.1, -0.05) is 13.3 Å². The van der Waals surface area contributed by atoms with E-state index in [2.05, 4.69) is 30.7 Å². The number of carbonyl (C=O) groups excluding carboxylic acids is 1. The minimum atomic E-state index is -0.0742. The summed E-state index contributed by atoms with van der Waals surface area (Å²) in [6.07, 6.45) is 3.16. The van der Waals surface area contributed by atoms with E-state index in [-0.39, 0.29) is 5.97 Å². The standard InChI is InChI=1S/C13H26N2O2/c1-4-5-9-17-13(16)11-15-8-6-7-14(3)10-12(15)2/h12H,4-11H2,1-3H3. The van der Waals surface area contributed by atoms with E-state index in [0.717, 1.165) is 38.9 Å². The van der Waals surface area contributed by atoms with Crippen molar-refractivity contribution >= 4 is 5.97 Å². The van der Waals surface area contributed by atoms with Crippen molar-refractivity contribution in [1.29, 1.82) is 0 Å². The van der Waals surface area contributed by atoms with Gasteiger partial charge in [0.2, 0.25) is 0 Å². The number of hydrogen-bond donors (Lipinski definition) is 0.